The highest BCUT2D eigenvalue weighted by Crippen LogP contribution is 1.92. The van der Waals surface area contributed by atoms with E-state index in [0.717, 1.165) is 13.2 Å². The number of hydrogen-bond acceptors (Lipinski definition) is 4. The molecule has 1 N–H and O–H groups in total. The lowest BCUT2D eigenvalue weighted by Crippen LogP contribution is -2.44. The summed E-state index contributed by atoms with van der Waals surface area (Å²) in [5, 5.41) is 3.14. The maximum absolute atomic E-state index is 9.76. The molecule has 11 heavy (non-hydrogen) atoms. The normalized spacial score (nSPS) is 23.5. The minimum absolute atomic E-state index is 0. The van der Waals surface area contributed by atoms with Gasteiger partial charge < -0.3 is 14.8 Å². The largest absolute Gasteiger partial charge is 0.466 e. The Morgan fingerprint density at radius 3 is 3.09 bits per heavy atom. The first-order valence-corrected chi connectivity index (χ1v) is 3.30. The Kier molecular flexibility index (Phi) is 6.21. The standard InChI is InChI=1S/C6H11NO3.ClH/c8-5-10-4-6-3-9-2-1-7-6;/h5-7H,1-4H2;1H/t6-;/m0./s1. The van der Waals surface area contributed by atoms with Crippen molar-refractivity contribution in [1.29, 1.82) is 0 Å². The highest BCUT2D eigenvalue weighted by molar-refractivity contribution is 5.85. The van der Waals surface area contributed by atoms with E-state index in [9.17, 15) is 4.79 Å². The number of halogens is 1. The Balaban J connectivity index is 0.000001000. The minimum atomic E-state index is 0. The van der Waals surface area contributed by atoms with E-state index in [0.29, 0.717) is 19.7 Å². The molecule has 0 spiro atoms. The third kappa shape index (κ3) is 4.19. The van der Waals surface area contributed by atoms with Crippen LogP contribution in [0.5, 0.6) is 0 Å². The van der Waals surface area contributed by atoms with Gasteiger partial charge in [0.2, 0.25) is 0 Å². The van der Waals surface area contributed by atoms with Crippen molar-refractivity contribution in [2.45, 2.75) is 6.04 Å². The average molecular weight is 182 g/mol. The van der Waals surface area contributed by atoms with Gasteiger partial charge >= 0.3 is 0 Å². The minimum Gasteiger partial charge on any atom is -0.466 e. The average Bonchev–Trinajstić information content (AvgIpc) is 2.03. The summed E-state index contributed by atoms with van der Waals surface area (Å²) in [4.78, 5) is 9.76. The van der Waals surface area contributed by atoms with Gasteiger partial charge in [0.05, 0.1) is 19.3 Å². The van der Waals surface area contributed by atoms with Gasteiger partial charge in [0.15, 0.2) is 0 Å². The Hall–Kier alpha value is -0.320. The lowest BCUT2D eigenvalue weighted by molar-refractivity contribution is -0.130. The molecular formula is C6H12ClNO3. The third-order valence-corrected chi connectivity index (χ3v) is 1.36. The number of carbonyl (C=O) groups excluding carboxylic acids is 1. The fraction of sp³-hybridized carbons (Fsp3) is 0.833. The summed E-state index contributed by atoms with van der Waals surface area (Å²) < 4.78 is 9.67. The maximum Gasteiger partial charge on any atom is 0.293 e. The summed E-state index contributed by atoms with van der Waals surface area (Å²) in [6.45, 7) is 3.08. The van der Waals surface area contributed by atoms with Gasteiger partial charge in [-0.3, -0.25) is 4.79 Å². The van der Waals surface area contributed by atoms with Crippen LogP contribution in [0.1, 0.15) is 0 Å². The van der Waals surface area contributed by atoms with Crippen molar-refractivity contribution in [3.63, 3.8) is 0 Å². The molecule has 1 aliphatic heterocycles. The van der Waals surface area contributed by atoms with E-state index < -0.39 is 0 Å². The van der Waals surface area contributed by atoms with E-state index in [2.05, 4.69) is 10.1 Å². The number of ether oxygens (including phenoxy) is 2. The molecular weight excluding hydrogens is 170 g/mol. The van der Waals surface area contributed by atoms with Crippen LogP contribution in [0.3, 0.4) is 0 Å². The van der Waals surface area contributed by atoms with Crippen molar-refractivity contribution in [1.82, 2.24) is 5.32 Å². The second-order valence-electron chi connectivity index (χ2n) is 2.16. The van der Waals surface area contributed by atoms with Gasteiger partial charge in [0, 0.05) is 6.54 Å². The molecule has 4 nitrogen and oxygen atoms in total. The van der Waals surface area contributed by atoms with Crippen molar-refractivity contribution in [3.05, 3.63) is 0 Å². The molecule has 1 fully saturated rings. The van der Waals surface area contributed by atoms with E-state index in [1.807, 2.05) is 0 Å². The molecule has 66 valence electrons. The van der Waals surface area contributed by atoms with Gasteiger partial charge in [0.25, 0.3) is 6.47 Å². The van der Waals surface area contributed by atoms with Gasteiger partial charge in [-0.2, -0.15) is 0 Å². The molecule has 0 aromatic heterocycles. The molecule has 1 saturated heterocycles. The van der Waals surface area contributed by atoms with Crippen LogP contribution in [0.25, 0.3) is 0 Å². The molecule has 0 unspecified atom stereocenters. The summed E-state index contributed by atoms with van der Waals surface area (Å²) in [6.07, 6.45) is 0. The topological polar surface area (TPSA) is 47.6 Å². The van der Waals surface area contributed by atoms with Gasteiger partial charge in [-0.25, -0.2) is 0 Å². The van der Waals surface area contributed by atoms with E-state index in [1.165, 1.54) is 0 Å². The second kappa shape index (κ2) is 6.39. The van der Waals surface area contributed by atoms with Gasteiger partial charge in [-0.15, -0.1) is 12.4 Å². The van der Waals surface area contributed by atoms with Crippen LogP contribution in [0.4, 0.5) is 0 Å². The van der Waals surface area contributed by atoms with Crippen molar-refractivity contribution in [2.24, 2.45) is 0 Å². The van der Waals surface area contributed by atoms with Gasteiger partial charge in [-0.05, 0) is 0 Å². The quantitative estimate of drug-likeness (QED) is 0.601. The van der Waals surface area contributed by atoms with E-state index >= 15 is 0 Å². The third-order valence-electron chi connectivity index (χ3n) is 1.36. The SMILES string of the molecule is Cl.O=COC[C@@H]1COCCN1. The van der Waals surface area contributed by atoms with E-state index in [-0.39, 0.29) is 18.4 Å². The summed E-state index contributed by atoms with van der Waals surface area (Å²) in [7, 11) is 0. The smallest absolute Gasteiger partial charge is 0.293 e. The van der Waals surface area contributed by atoms with Crippen molar-refractivity contribution >= 4 is 18.9 Å². The number of morpholine rings is 1. The first-order valence-electron chi connectivity index (χ1n) is 3.30. The predicted octanol–water partition coefficient (Wildman–Crippen LogP) is -0.430. The van der Waals surface area contributed by atoms with Crippen molar-refractivity contribution < 1.29 is 14.3 Å². The second-order valence-corrected chi connectivity index (χ2v) is 2.16. The highest BCUT2D eigenvalue weighted by atomic mass is 35.5. The van der Waals surface area contributed by atoms with E-state index in [4.69, 9.17) is 4.74 Å². The number of carbonyl (C=O) groups is 1. The Morgan fingerprint density at radius 1 is 1.73 bits per heavy atom. The van der Waals surface area contributed by atoms with Gasteiger partial charge in [0.1, 0.15) is 6.61 Å². The van der Waals surface area contributed by atoms with Gasteiger partial charge in [-0.1, -0.05) is 0 Å². The lowest BCUT2D eigenvalue weighted by atomic mass is 10.3. The first kappa shape index (κ1) is 10.7. The van der Waals surface area contributed by atoms with Crippen LogP contribution >= 0.6 is 12.4 Å². The van der Waals surface area contributed by atoms with Crippen LogP contribution < -0.4 is 5.32 Å². The molecule has 1 aliphatic rings. The fourth-order valence-corrected chi connectivity index (χ4v) is 0.882. The van der Waals surface area contributed by atoms with Crippen LogP contribution in [-0.4, -0.2) is 38.9 Å². The molecule has 0 aromatic carbocycles. The molecule has 0 bridgehead atoms. The Bertz CT molecular complexity index is 106. The Morgan fingerprint density at radius 2 is 2.55 bits per heavy atom. The van der Waals surface area contributed by atoms with Crippen molar-refractivity contribution in [2.75, 3.05) is 26.4 Å². The van der Waals surface area contributed by atoms with Crippen LogP contribution in [0.2, 0.25) is 0 Å². The number of nitrogens with one attached hydrogen (secondary N) is 1. The zero-order valence-electron chi connectivity index (χ0n) is 6.12. The monoisotopic (exact) mass is 181 g/mol. The number of rotatable bonds is 3. The van der Waals surface area contributed by atoms with E-state index in [1.54, 1.807) is 0 Å². The Labute approximate surface area is 71.6 Å². The lowest BCUT2D eigenvalue weighted by Gasteiger charge is -2.22. The molecule has 5 heteroatoms. The van der Waals surface area contributed by atoms with Crippen LogP contribution in [-0.2, 0) is 14.3 Å². The zero-order chi connectivity index (χ0) is 7.23. The van der Waals surface area contributed by atoms with Crippen LogP contribution in [0.15, 0.2) is 0 Å². The summed E-state index contributed by atoms with van der Waals surface area (Å²) >= 11 is 0. The predicted molar refractivity (Wildman–Crippen MR) is 41.9 cm³/mol. The highest BCUT2D eigenvalue weighted by Gasteiger charge is 2.12. The summed E-state index contributed by atoms with van der Waals surface area (Å²) in [6, 6.07) is 0.180. The maximum atomic E-state index is 9.76. The number of hydrogen-bond donors (Lipinski definition) is 1. The molecule has 0 amide bonds. The molecule has 0 radical (unpaired) electrons. The molecule has 0 aromatic rings. The van der Waals surface area contributed by atoms with Crippen LogP contribution in [0, 0.1) is 0 Å². The molecule has 0 aliphatic carbocycles. The summed E-state index contributed by atoms with van der Waals surface area (Å²) in [5.41, 5.74) is 0. The first-order chi connectivity index (χ1) is 4.93. The van der Waals surface area contributed by atoms with Crippen molar-refractivity contribution in [3.8, 4) is 0 Å². The molecule has 1 atom stereocenters. The molecule has 1 heterocycles. The fourth-order valence-electron chi connectivity index (χ4n) is 0.882. The molecule has 1 rings (SSSR count). The summed E-state index contributed by atoms with van der Waals surface area (Å²) in [5.74, 6) is 0. The zero-order valence-corrected chi connectivity index (χ0v) is 6.93. The molecule has 0 saturated carbocycles.